The van der Waals surface area contributed by atoms with E-state index in [1.165, 1.54) is 0 Å². The van der Waals surface area contributed by atoms with Crippen LogP contribution in [0.5, 0.6) is 5.75 Å². The summed E-state index contributed by atoms with van der Waals surface area (Å²) in [5, 5.41) is 3.08. The zero-order valence-electron chi connectivity index (χ0n) is 29.9. The molecule has 4 aromatic rings. The second kappa shape index (κ2) is 18.8. The predicted molar refractivity (Wildman–Crippen MR) is 203 cm³/mol. The van der Waals surface area contributed by atoms with Crippen molar-refractivity contribution in [2.45, 2.75) is 77.0 Å². The molecular formula is C40H51N5O4S. The molecule has 0 aliphatic carbocycles. The van der Waals surface area contributed by atoms with Crippen LogP contribution >= 0.6 is 0 Å². The van der Waals surface area contributed by atoms with Gasteiger partial charge in [0.1, 0.15) is 18.2 Å². The van der Waals surface area contributed by atoms with Crippen molar-refractivity contribution in [3.63, 3.8) is 0 Å². The van der Waals surface area contributed by atoms with Crippen molar-refractivity contribution >= 4 is 34.7 Å². The standard InChI is InChI=1S/C40H51N5O4S/c1-5-7-20-48-21-22-49-37-14-10-31(11-15-37)34-24-33-23-32(9-8-19-44(27-30(3)4)39(33)42-25-34)40(46)43-35-12-16-38(17-13-35)50(47)28-36-26-41-29-45(36)18-6-2/h10-17,23-26,29-30H,5-9,18-22,27-28H2,1-4H3,(H,43,46). The minimum atomic E-state index is -1.22. The van der Waals surface area contributed by atoms with Gasteiger partial charge in [-0.2, -0.15) is 0 Å². The Morgan fingerprint density at radius 3 is 2.54 bits per heavy atom. The average molecular weight is 698 g/mol. The first-order chi connectivity index (χ1) is 24.3. The van der Waals surface area contributed by atoms with Gasteiger partial charge in [-0.3, -0.25) is 4.79 Å². The number of nitrogens with zero attached hydrogens (tertiary/aromatic N) is 4. The number of amides is 1. The summed E-state index contributed by atoms with van der Waals surface area (Å²) < 4.78 is 26.6. The summed E-state index contributed by atoms with van der Waals surface area (Å²) in [6, 6.07) is 17.4. The molecule has 0 fully saturated rings. The normalized spacial score (nSPS) is 13.7. The number of benzene rings is 2. The van der Waals surface area contributed by atoms with Crippen molar-refractivity contribution in [2.24, 2.45) is 5.92 Å². The fourth-order valence-corrected chi connectivity index (χ4v) is 7.08. The topological polar surface area (TPSA) is 105 Å². The van der Waals surface area contributed by atoms with E-state index < -0.39 is 11.2 Å². The Kier molecular flexibility index (Phi) is 13.9. The summed E-state index contributed by atoms with van der Waals surface area (Å²) in [4.78, 5) is 25.9. The van der Waals surface area contributed by atoms with E-state index >= 15 is 0 Å². The predicted octanol–water partition coefficient (Wildman–Crippen LogP) is 8.14. The van der Waals surface area contributed by atoms with Gasteiger partial charge in [-0.25, -0.2) is 9.97 Å². The molecule has 1 amide bonds. The van der Waals surface area contributed by atoms with Crippen molar-refractivity contribution in [1.29, 1.82) is 0 Å². The third-order valence-corrected chi connectivity index (χ3v) is 9.87. The number of hydrogen-bond donors (Lipinski definition) is 1. The van der Waals surface area contributed by atoms with Gasteiger partial charge in [0.15, 0.2) is 10.6 Å². The molecule has 1 aliphatic rings. The smallest absolute Gasteiger partial charge is 0.251 e. The molecule has 0 saturated heterocycles. The van der Waals surface area contributed by atoms with Gasteiger partial charge in [0.25, 0.3) is 5.91 Å². The molecular weight excluding hydrogens is 647 g/mol. The number of hydrogen-bond acceptors (Lipinski definition) is 7. The number of anilines is 2. The summed E-state index contributed by atoms with van der Waals surface area (Å²) in [5.74, 6) is 2.41. The zero-order valence-corrected chi connectivity index (χ0v) is 30.7. The lowest BCUT2D eigenvalue weighted by atomic mass is 9.99. The summed E-state index contributed by atoms with van der Waals surface area (Å²) in [7, 11) is 0. The van der Waals surface area contributed by atoms with Crippen LogP contribution in [0, 0.1) is 5.92 Å². The maximum atomic E-state index is 13.7. The number of rotatable bonds is 17. The first-order valence-electron chi connectivity index (χ1n) is 17.9. The molecule has 2 aromatic heterocycles. The number of pyridine rings is 1. The number of carbonyl (C=O) groups is 1. The molecule has 0 spiro atoms. The zero-order chi connectivity index (χ0) is 35.3. The summed E-state index contributed by atoms with van der Waals surface area (Å²) >= 11 is -1.22. The molecule has 9 nitrogen and oxygen atoms in total. The minimum Gasteiger partial charge on any atom is -0.611 e. The van der Waals surface area contributed by atoms with Crippen LogP contribution in [0.25, 0.3) is 17.2 Å². The molecule has 1 N–H and O–H groups in total. The monoisotopic (exact) mass is 697 g/mol. The highest BCUT2D eigenvalue weighted by molar-refractivity contribution is 7.90. The van der Waals surface area contributed by atoms with Crippen LogP contribution < -0.4 is 15.0 Å². The van der Waals surface area contributed by atoms with E-state index in [1.54, 1.807) is 12.5 Å². The molecule has 3 heterocycles. The summed E-state index contributed by atoms with van der Waals surface area (Å²) in [5.41, 5.74) is 5.24. The summed E-state index contributed by atoms with van der Waals surface area (Å²) in [6.07, 6.45) is 12.1. The van der Waals surface area contributed by atoms with Crippen molar-refractivity contribution < 1.29 is 18.8 Å². The van der Waals surface area contributed by atoms with Crippen LogP contribution in [0.2, 0.25) is 0 Å². The van der Waals surface area contributed by atoms with E-state index in [0.29, 0.717) is 47.5 Å². The first-order valence-corrected chi connectivity index (χ1v) is 19.2. The lowest BCUT2D eigenvalue weighted by molar-refractivity contribution is -0.112. The van der Waals surface area contributed by atoms with Crippen LogP contribution in [0.4, 0.5) is 11.5 Å². The second-order valence-electron chi connectivity index (χ2n) is 13.1. The molecule has 5 rings (SSSR count). The molecule has 1 aliphatic heterocycles. The average Bonchev–Trinajstić information content (AvgIpc) is 3.54. The number of aryl methyl sites for hydroxylation is 1. The second-order valence-corrected chi connectivity index (χ2v) is 14.6. The van der Waals surface area contributed by atoms with Gasteiger partial charge in [-0.05, 0) is 96.9 Å². The maximum Gasteiger partial charge on any atom is 0.251 e. The third kappa shape index (κ3) is 10.4. The van der Waals surface area contributed by atoms with Crippen LogP contribution in [0.3, 0.4) is 0 Å². The Hall–Kier alpha value is -4.12. The molecule has 1 atom stereocenters. The Labute approximate surface area is 300 Å². The largest absolute Gasteiger partial charge is 0.611 e. The van der Waals surface area contributed by atoms with E-state index in [4.69, 9.17) is 14.5 Å². The number of carbonyl (C=O) groups excluding carboxylic acids is 1. The Bertz CT molecular complexity index is 1690. The quantitative estimate of drug-likeness (QED) is 0.0878. The highest BCUT2D eigenvalue weighted by Crippen LogP contribution is 2.32. The van der Waals surface area contributed by atoms with E-state index in [-0.39, 0.29) is 5.91 Å². The van der Waals surface area contributed by atoms with Gasteiger partial charge in [0.05, 0.1) is 24.8 Å². The lowest BCUT2D eigenvalue weighted by Gasteiger charge is -2.29. The van der Waals surface area contributed by atoms with Crippen LogP contribution in [-0.4, -0.2) is 57.9 Å². The van der Waals surface area contributed by atoms with Gasteiger partial charge in [0.2, 0.25) is 0 Å². The van der Waals surface area contributed by atoms with Crippen LogP contribution in [0.15, 0.2) is 83.8 Å². The Morgan fingerprint density at radius 1 is 1.00 bits per heavy atom. The van der Waals surface area contributed by atoms with E-state index in [0.717, 1.165) is 85.9 Å². The van der Waals surface area contributed by atoms with Gasteiger partial charge < -0.3 is 28.8 Å². The van der Waals surface area contributed by atoms with Crippen molar-refractivity contribution in [2.75, 3.05) is 43.1 Å². The molecule has 2 aromatic carbocycles. The third-order valence-electron chi connectivity index (χ3n) is 8.52. The SMILES string of the molecule is CCCCOCCOc1ccc(-c2cnc3c(c2)C=C(C(=O)Nc2ccc([S+]([O-])Cc4cncn4CCC)cc2)CCCN3CC(C)C)cc1. The number of imidazole rings is 1. The van der Waals surface area contributed by atoms with Gasteiger partial charge >= 0.3 is 0 Å². The molecule has 1 unspecified atom stereocenters. The molecule has 0 saturated carbocycles. The fraction of sp³-hybridized carbons (Fsp3) is 0.425. The minimum absolute atomic E-state index is 0.142. The highest BCUT2D eigenvalue weighted by atomic mass is 32.2. The van der Waals surface area contributed by atoms with Crippen LogP contribution in [-0.2, 0) is 33.0 Å². The number of ether oxygens (including phenoxy) is 2. The number of aromatic nitrogens is 3. The summed E-state index contributed by atoms with van der Waals surface area (Å²) in [6.45, 7) is 13.1. The van der Waals surface area contributed by atoms with E-state index in [9.17, 15) is 9.35 Å². The number of nitrogens with one attached hydrogen (secondary N) is 1. The number of fused-ring (bicyclic) bond motifs is 1. The molecule has 0 bridgehead atoms. The molecule has 266 valence electrons. The molecule has 0 radical (unpaired) electrons. The Morgan fingerprint density at radius 2 is 1.80 bits per heavy atom. The molecule has 50 heavy (non-hydrogen) atoms. The fourth-order valence-electron chi connectivity index (χ4n) is 5.97. The van der Waals surface area contributed by atoms with Crippen molar-refractivity contribution in [1.82, 2.24) is 14.5 Å². The van der Waals surface area contributed by atoms with E-state index in [1.807, 2.05) is 65.4 Å². The maximum absolute atomic E-state index is 13.7. The van der Waals surface area contributed by atoms with Gasteiger partial charge in [-0.15, -0.1) is 0 Å². The van der Waals surface area contributed by atoms with Gasteiger partial charge in [-0.1, -0.05) is 46.2 Å². The highest BCUT2D eigenvalue weighted by Gasteiger charge is 2.21. The van der Waals surface area contributed by atoms with Crippen molar-refractivity contribution in [3.8, 4) is 16.9 Å². The van der Waals surface area contributed by atoms with E-state index in [2.05, 4.69) is 49.0 Å². The van der Waals surface area contributed by atoms with Crippen molar-refractivity contribution in [3.05, 3.63) is 90.1 Å². The van der Waals surface area contributed by atoms with Gasteiger partial charge in [0, 0.05) is 54.8 Å². The number of unbranched alkanes of at least 4 members (excludes halogenated alkanes) is 1. The molecule has 10 heteroatoms. The lowest BCUT2D eigenvalue weighted by Crippen LogP contribution is -2.31. The first kappa shape index (κ1) is 37.1. The van der Waals surface area contributed by atoms with Crippen LogP contribution in [0.1, 0.15) is 71.1 Å². The Balaban J connectivity index is 1.30.